The molecule has 0 amide bonds. The van der Waals surface area contributed by atoms with Gasteiger partial charge in [-0.15, -0.1) is 0 Å². The molecule has 1 fully saturated rings. The van der Waals surface area contributed by atoms with Gasteiger partial charge in [0.1, 0.15) is 0 Å². The lowest BCUT2D eigenvalue weighted by molar-refractivity contribution is 0.376. The zero-order valence-electron chi connectivity index (χ0n) is 10.3. The van der Waals surface area contributed by atoms with Gasteiger partial charge in [0.25, 0.3) is 0 Å². The molecule has 1 aromatic rings. The number of sulfonamides is 1. The largest absolute Gasteiger partial charge is 0.316 e. The quantitative estimate of drug-likeness (QED) is 0.800. The first kappa shape index (κ1) is 15.4. The van der Waals surface area contributed by atoms with Gasteiger partial charge >= 0.3 is 0 Å². The number of hydrogen-bond acceptors (Lipinski definition) is 3. The number of piperidine rings is 1. The van der Waals surface area contributed by atoms with Crippen molar-refractivity contribution < 1.29 is 8.42 Å². The minimum absolute atomic E-state index is 0.269. The monoisotopic (exact) mass is 410 g/mol. The summed E-state index contributed by atoms with van der Waals surface area (Å²) < 4.78 is 28.5. The lowest BCUT2D eigenvalue weighted by Gasteiger charge is -2.23. The van der Waals surface area contributed by atoms with Gasteiger partial charge in [-0.3, -0.25) is 0 Å². The van der Waals surface area contributed by atoms with Crippen molar-refractivity contribution in [2.75, 3.05) is 19.6 Å². The van der Waals surface area contributed by atoms with Crippen molar-refractivity contribution in [3.8, 4) is 0 Å². The van der Waals surface area contributed by atoms with Crippen LogP contribution in [0.15, 0.2) is 32.0 Å². The summed E-state index contributed by atoms with van der Waals surface area (Å²) in [5, 5.41) is 3.28. The topological polar surface area (TPSA) is 58.2 Å². The summed E-state index contributed by atoms with van der Waals surface area (Å²) in [5.41, 5.74) is 0. The zero-order chi connectivity index (χ0) is 13.9. The average molecular weight is 412 g/mol. The molecule has 0 saturated carbocycles. The van der Waals surface area contributed by atoms with E-state index in [4.69, 9.17) is 0 Å². The molecule has 1 saturated heterocycles. The van der Waals surface area contributed by atoms with Gasteiger partial charge in [-0.1, -0.05) is 15.9 Å². The smallest absolute Gasteiger partial charge is 0.241 e. The summed E-state index contributed by atoms with van der Waals surface area (Å²) in [6, 6.07) is 5.13. The molecule has 1 aliphatic heterocycles. The van der Waals surface area contributed by atoms with Crippen molar-refractivity contribution in [1.82, 2.24) is 10.0 Å². The van der Waals surface area contributed by atoms with Crippen molar-refractivity contribution in [2.24, 2.45) is 5.92 Å². The fraction of sp³-hybridized carbons (Fsp3) is 0.500. The molecule has 7 heteroatoms. The molecule has 1 heterocycles. The van der Waals surface area contributed by atoms with Gasteiger partial charge in [-0.05, 0) is 66.0 Å². The number of nitrogens with one attached hydrogen (secondary N) is 2. The van der Waals surface area contributed by atoms with Crippen LogP contribution in [0.1, 0.15) is 12.8 Å². The predicted octanol–water partition coefficient (Wildman–Crippen LogP) is 2.49. The van der Waals surface area contributed by atoms with Crippen molar-refractivity contribution in [1.29, 1.82) is 0 Å². The van der Waals surface area contributed by atoms with Gasteiger partial charge in [0.15, 0.2) is 0 Å². The van der Waals surface area contributed by atoms with Crippen LogP contribution in [0.4, 0.5) is 0 Å². The zero-order valence-corrected chi connectivity index (χ0v) is 14.3. The van der Waals surface area contributed by atoms with Crippen molar-refractivity contribution in [3.05, 3.63) is 27.1 Å². The second kappa shape index (κ2) is 6.67. The van der Waals surface area contributed by atoms with E-state index in [0.717, 1.165) is 30.4 Å². The molecule has 1 atom stereocenters. The van der Waals surface area contributed by atoms with Gasteiger partial charge in [-0.2, -0.15) is 0 Å². The standard InChI is InChI=1S/C12H16Br2N2O2S/c13-10-3-4-11(14)12(6-10)19(17,18)16-8-9-2-1-5-15-7-9/h3-4,6,9,15-16H,1-2,5,7-8H2. The van der Waals surface area contributed by atoms with E-state index in [0.29, 0.717) is 16.9 Å². The number of rotatable bonds is 4. The normalized spacial score (nSPS) is 20.4. The first-order chi connectivity index (χ1) is 8.99. The maximum Gasteiger partial charge on any atom is 0.241 e. The van der Waals surface area contributed by atoms with Crippen LogP contribution in [0.3, 0.4) is 0 Å². The number of halogens is 2. The van der Waals surface area contributed by atoms with E-state index in [-0.39, 0.29) is 4.90 Å². The van der Waals surface area contributed by atoms with Crippen molar-refractivity contribution in [3.63, 3.8) is 0 Å². The Bertz CT molecular complexity index is 543. The first-order valence-electron chi connectivity index (χ1n) is 6.14. The van der Waals surface area contributed by atoms with Gasteiger partial charge in [0.2, 0.25) is 10.0 Å². The molecule has 2 rings (SSSR count). The second-order valence-electron chi connectivity index (χ2n) is 4.64. The molecule has 0 spiro atoms. The molecular weight excluding hydrogens is 396 g/mol. The molecular formula is C12H16Br2N2O2S. The average Bonchev–Trinajstić information content (AvgIpc) is 2.40. The van der Waals surface area contributed by atoms with E-state index in [1.807, 2.05) is 0 Å². The van der Waals surface area contributed by atoms with Gasteiger partial charge in [0.05, 0.1) is 4.90 Å². The Morgan fingerprint density at radius 3 is 2.84 bits per heavy atom. The van der Waals surface area contributed by atoms with Crippen LogP contribution in [-0.2, 0) is 10.0 Å². The minimum Gasteiger partial charge on any atom is -0.316 e. The van der Waals surface area contributed by atoms with E-state index in [2.05, 4.69) is 41.9 Å². The first-order valence-corrected chi connectivity index (χ1v) is 9.21. The third kappa shape index (κ3) is 4.26. The summed E-state index contributed by atoms with van der Waals surface area (Å²) in [5.74, 6) is 0.370. The molecule has 1 aromatic carbocycles. The lowest BCUT2D eigenvalue weighted by atomic mass is 10.0. The van der Waals surface area contributed by atoms with Crippen LogP contribution in [-0.4, -0.2) is 28.1 Å². The second-order valence-corrected chi connectivity index (χ2v) is 8.14. The highest BCUT2D eigenvalue weighted by Gasteiger charge is 2.20. The highest BCUT2D eigenvalue weighted by Crippen LogP contribution is 2.25. The molecule has 4 nitrogen and oxygen atoms in total. The molecule has 0 aliphatic carbocycles. The Morgan fingerprint density at radius 2 is 2.16 bits per heavy atom. The third-order valence-electron chi connectivity index (χ3n) is 3.14. The lowest BCUT2D eigenvalue weighted by Crippen LogP contribution is -2.38. The van der Waals surface area contributed by atoms with E-state index in [1.54, 1.807) is 18.2 Å². The number of benzene rings is 1. The fourth-order valence-corrected chi connectivity index (χ4v) is 4.70. The number of hydrogen-bond donors (Lipinski definition) is 2. The Kier molecular flexibility index (Phi) is 5.42. The van der Waals surface area contributed by atoms with Crippen LogP contribution in [0.25, 0.3) is 0 Å². The molecule has 0 bridgehead atoms. The fourth-order valence-electron chi connectivity index (χ4n) is 2.09. The van der Waals surface area contributed by atoms with E-state index in [1.165, 1.54) is 0 Å². The molecule has 2 N–H and O–H groups in total. The Morgan fingerprint density at radius 1 is 1.37 bits per heavy atom. The summed E-state index contributed by atoms with van der Waals surface area (Å²) in [4.78, 5) is 0.269. The van der Waals surface area contributed by atoms with Crippen LogP contribution in [0, 0.1) is 5.92 Å². The minimum atomic E-state index is -3.47. The molecule has 0 aromatic heterocycles. The maximum atomic E-state index is 12.3. The van der Waals surface area contributed by atoms with Gasteiger partial charge in [-0.25, -0.2) is 13.1 Å². The Labute approximate surface area is 130 Å². The van der Waals surface area contributed by atoms with Crippen LogP contribution < -0.4 is 10.0 Å². The maximum absolute atomic E-state index is 12.3. The van der Waals surface area contributed by atoms with Gasteiger partial charge in [0, 0.05) is 15.5 Å². The van der Waals surface area contributed by atoms with E-state index in [9.17, 15) is 8.42 Å². The van der Waals surface area contributed by atoms with Crippen LogP contribution in [0.5, 0.6) is 0 Å². The molecule has 19 heavy (non-hydrogen) atoms. The molecule has 1 unspecified atom stereocenters. The Balaban J connectivity index is 2.07. The third-order valence-corrected chi connectivity index (χ3v) is 6.05. The Hall–Kier alpha value is 0.0500. The van der Waals surface area contributed by atoms with Crippen molar-refractivity contribution in [2.45, 2.75) is 17.7 Å². The summed E-state index contributed by atoms with van der Waals surface area (Å²) in [7, 11) is -3.47. The predicted molar refractivity (Wildman–Crippen MR) is 82.6 cm³/mol. The summed E-state index contributed by atoms with van der Waals surface area (Å²) in [6.07, 6.45) is 2.17. The molecule has 0 radical (unpaired) electrons. The highest BCUT2D eigenvalue weighted by molar-refractivity contribution is 9.11. The molecule has 106 valence electrons. The summed E-state index contributed by atoms with van der Waals surface area (Å²) >= 11 is 6.57. The van der Waals surface area contributed by atoms with Gasteiger partial charge < -0.3 is 5.32 Å². The van der Waals surface area contributed by atoms with Crippen LogP contribution in [0.2, 0.25) is 0 Å². The van der Waals surface area contributed by atoms with E-state index >= 15 is 0 Å². The summed E-state index contributed by atoms with van der Waals surface area (Å²) in [6.45, 7) is 2.39. The van der Waals surface area contributed by atoms with E-state index < -0.39 is 10.0 Å². The SMILES string of the molecule is O=S(=O)(NCC1CCCNC1)c1cc(Br)ccc1Br. The highest BCUT2D eigenvalue weighted by atomic mass is 79.9. The molecule has 1 aliphatic rings. The van der Waals surface area contributed by atoms with Crippen LogP contribution >= 0.6 is 31.9 Å². The van der Waals surface area contributed by atoms with Crippen molar-refractivity contribution >= 4 is 41.9 Å².